The Hall–Kier alpha value is -2.34. The minimum Gasteiger partial charge on any atom is -0.415 e. The first-order chi connectivity index (χ1) is 14.7. The van der Waals surface area contributed by atoms with Crippen LogP contribution in [0.15, 0.2) is 9.64 Å². The molecule has 1 aliphatic rings. The van der Waals surface area contributed by atoms with Gasteiger partial charge in [0.25, 0.3) is 17.0 Å². The summed E-state index contributed by atoms with van der Waals surface area (Å²) in [5.74, 6) is 3.06. The van der Waals surface area contributed by atoms with Gasteiger partial charge in [0.05, 0.1) is 0 Å². The fraction of sp³-hybridized carbons (Fsp3) is 0.682. The third-order valence-electron chi connectivity index (χ3n) is 5.05. The zero-order valence-electron chi connectivity index (χ0n) is 18.9. The van der Waals surface area contributed by atoms with Gasteiger partial charge in [0.1, 0.15) is 11.5 Å². The zero-order valence-corrected chi connectivity index (χ0v) is 19.7. The smallest absolute Gasteiger partial charge is 0.296 e. The summed E-state index contributed by atoms with van der Waals surface area (Å²) in [5, 5.41) is 14.0. The summed E-state index contributed by atoms with van der Waals surface area (Å²) < 4.78 is 5.71. The quantitative estimate of drug-likeness (QED) is 0.464. The number of aromatic nitrogens is 2. The molecule has 2 N–H and O–H groups in total. The number of carbonyl (C=O) groups excluding carboxylic acids is 3. The molecular weight excluding hydrogens is 416 g/mol. The van der Waals surface area contributed by atoms with E-state index in [2.05, 4.69) is 32.7 Å². The normalized spacial score (nSPS) is 16.4. The number of hydrogen-bond donors (Lipinski definition) is 2. The van der Waals surface area contributed by atoms with Crippen molar-refractivity contribution in [2.75, 3.05) is 0 Å². The van der Waals surface area contributed by atoms with E-state index in [-0.39, 0.29) is 17.1 Å². The highest BCUT2D eigenvalue weighted by atomic mass is 32.2. The van der Waals surface area contributed by atoms with Crippen LogP contribution in [0, 0.1) is 17.8 Å². The molecular formula is C22H32N4O4S. The van der Waals surface area contributed by atoms with Gasteiger partial charge in [0.2, 0.25) is 11.8 Å². The fourth-order valence-electron chi connectivity index (χ4n) is 3.65. The van der Waals surface area contributed by atoms with Crippen molar-refractivity contribution in [2.24, 2.45) is 5.92 Å². The summed E-state index contributed by atoms with van der Waals surface area (Å²) in [6, 6.07) is 0. The van der Waals surface area contributed by atoms with Crippen molar-refractivity contribution in [1.82, 2.24) is 20.8 Å². The van der Waals surface area contributed by atoms with Crippen LogP contribution in [-0.2, 0) is 14.4 Å². The van der Waals surface area contributed by atoms with Gasteiger partial charge in [-0.2, -0.15) is 0 Å². The van der Waals surface area contributed by atoms with E-state index in [1.54, 1.807) is 6.92 Å². The molecule has 1 saturated carbocycles. The van der Waals surface area contributed by atoms with Crippen LogP contribution in [0.25, 0.3) is 0 Å². The maximum atomic E-state index is 13.2. The lowest BCUT2D eigenvalue weighted by molar-refractivity contribution is -0.139. The number of nitrogens with zero attached hydrogens (tertiary/aromatic N) is 2. The van der Waals surface area contributed by atoms with Gasteiger partial charge in [0.15, 0.2) is 0 Å². The van der Waals surface area contributed by atoms with Crippen LogP contribution in [0.1, 0.15) is 85.0 Å². The second-order valence-corrected chi connectivity index (χ2v) is 10.1. The van der Waals surface area contributed by atoms with Crippen molar-refractivity contribution in [1.29, 1.82) is 0 Å². The molecule has 0 saturated heterocycles. The third-order valence-corrected chi connectivity index (χ3v) is 5.89. The van der Waals surface area contributed by atoms with E-state index in [0.29, 0.717) is 24.5 Å². The Kier molecular flexibility index (Phi) is 9.11. The fourth-order valence-corrected chi connectivity index (χ4v) is 4.27. The van der Waals surface area contributed by atoms with E-state index < -0.39 is 29.2 Å². The van der Waals surface area contributed by atoms with Crippen molar-refractivity contribution >= 4 is 29.5 Å². The van der Waals surface area contributed by atoms with Gasteiger partial charge < -0.3 is 9.73 Å². The van der Waals surface area contributed by atoms with Crippen LogP contribution in [0.2, 0.25) is 0 Å². The van der Waals surface area contributed by atoms with Crippen molar-refractivity contribution in [3.05, 3.63) is 5.89 Å². The lowest BCUT2D eigenvalue weighted by Crippen LogP contribution is -2.60. The molecule has 1 atom stereocenters. The Bertz CT molecular complexity index is 847. The van der Waals surface area contributed by atoms with E-state index in [1.807, 2.05) is 27.7 Å². The average molecular weight is 449 g/mol. The largest absolute Gasteiger partial charge is 0.415 e. The second kappa shape index (κ2) is 11.3. The molecule has 1 aliphatic carbocycles. The number of rotatable bonds is 8. The van der Waals surface area contributed by atoms with Gasteiger partial charge in [-0.05, 0) is 38.0 Å². The van der Waals surface area contributed by atoms with Crippen LogP contribution in [-0.4, -0.2) is 38.7 Å². The molecule has 1 aromatic heterocycles. The zero-order chi connectivity index (χ0) is 23.0. The van der Waals surface area contributed by atoms with Crippen molar-refractivity contribution in [3.63, 3.8) is 0 Å². The molecule has 2 rings (SSSR count). The van der Waals surface area contributed by atoms with Crippen molar-refractivity contribution in [3.8, 4) is 11.8 Å². The Morgan fingerprint density at radius 1 is 1.13 bits per heavy atom. The molecule has 0 aromatic carbocycles. The van der Waals surface area contributed by atoms with E-state index in [1.165, 1.54) is 11.8 Å². The molecule has 31 heavy (non-hydrogen) atoms. The lowest BCUT2D eigenvalue weighted by atomic mass is 9.80. The highest BCUT2D eigenvalue weighted by molar-refractivity contribution is 7.99. The Morgan fingerprint density at radius 3 is 2.39 bits per heavy atom. The summed E-state index contributed by atoms with van der Waals surface area (Å²) in [4.78, 5) is 38.4. The Labute approximate surface area is 188 Å². The van der Waals surface area contributed by atoms with Crippen molar-refractivity contribution < 1.29 is 18.8 Å². The first-order valence-corrected chi connectivity index (χ1v) is 11.6. The van der Waals surface area contributed by atoms with Gasteiger partial charge in [-0.15, -0.1) is 10.2 Å². The molecule has 3 amide bonds. The molecule has 1 aromatic rings. The maximum absolute atomic E-state index is 13.2. The molecule has 9 heteroatoms. The van der Waals surface area contributed by atoms with E-state index in [4.69, 9.17) is 4.42 Å². The average Bonchev–Trinajstić information content (AvgIpc) is 3.14. The Morgan fingerprint density at radius 2 is 1.81 bits per heavy atom. The van der Waals surface area contributed by atoms with Gasteiger partial charge >= 0.3 is 0 Å². The predicted molar refractivity (Wildman–Crippen MR) is 118 cm³/mol. The summed E-state index contributed by atoms with van der Waals surface area (Å²) in [6.45, 7) is 9.53. The summed E-state index contributed by atoms with van der Waals surface area (Å²) in [6.07, 6.45) is 3.94. The number of imide groups is 1. The molecule has 1 fully saturated rings. The molecule has 0 unspecified atom stereocenters. The highest BCUT2D eigenvalue weighted by Crippen LogP contribution is 2.30. The molecule has 0 bridgehead atoms. The topological polar surface area (TPSA) is 114 Å². The first-order valence-electron chi connectivity index (χ1n) is 10.8. The summed E-state index contributed by atoms with van der Waals surface area (Å²) >= 11 is 1.42. The second-order valence-electron chi connectivity index (χ2n) is 8.55. The minimum atomic E-state index is -1.13. The number of carbonyl (C=O) groups is 3. The number of nitrogens with one attached hydrogen (secondary N) is 2. The standard InChI is InChI=1S/C22H32N4O4S/c1-6-10-17(27)24-22(11-8-7-9-12-22)20(29)23-18(28)16(13-14(2)3)19-25-26-21(30-19)31-15(4)5/h14-16H,7-9,11-13H2,1-5H3,(H,24,27)(H,23,28,29)/t16-/m1/s1. The third kappa shape index (κ3) is 7.10. The number of hydrogen-bond acceptors (Lipinski definition) is 7. The van der Waals surface area contributed by atoms with Gasteiger partial charge in [-0.25, -0.2) is 0 Å². The molecule has 0 spiro atoms. The monoisotopic (exact) mass is 448 g/mol. The molecule has 170 valence electrons. The SMILES string of the molecule is CC#CC(=O)NC1(C(=O)NC(=O)[C@@H](CC(C)C)c2nnc(SC(C)C)o2)CCCCC1. The minimum absolute atomic E-state index is 0.169. The van der Waals surface area contributed by atoms with Crippen LogP contribution >= 0.6 is 11.8 Å². The maximum Gasteiger partial charge on any atom is 0.296 e. The Balaban J connectivity index is 2.21. The predicted octanol–water partition coefficient (Wildman–Crippen LogP) is 3.19. The van der Waals surface area contributed by atoms with Crippen molar-refractivity contribution in [2.45, 2.75) is 95.1 Å². The van der Waals surface area contributed by atoms with Crippen LogP contribution in [0.4, 0.5) is 0 Å². The molecule has 1 heterocycles. The molecule has 0 aliphatic heterocycles. The van der Waals surface area contributed by atoms with E-state index >= 15 is 0 Å². The van der Waals surface area contributed by atoms with E-state index in [9.17, 15) is 14.4 Å². The lowest BCUT2D eigenvalue weighted by Gasteiger charge is -2.36. The van der Waals surface area contributed by atoms with Gasteiger partial charge in [-0.1, -0.05) is 64.6 Å². The number of amides is 3. The van der Waals surface area contributed by atoms with Gasteiger partial charge in [-0.3, -0.25) is 19.7 Å². The molecule has 0 radical (unpaired) electrons. The van der Waals surface area contributed by atoms with Crippen LogP contribution in [0.3, 0.4) is 0 Å². The van der Waals surface area contributed by atoms with Crippen LogP contribution < -0.4 is 10.6 Å². The summed E-state index contributed by atoms with van der Waals surface area (Å²) in [5.41, 5.74) is -1.13. The van der Waals surface area contributed by atoms with Gasteiger partial charge in [0, 0.05) is 5.25 Å². The highest BCUT2D eigenvalue weighted by Gasteiger charge is 2.42. The first kappa shape index (κ1) is 24.9. The van der Waals surface area contributed by atoms with Crippen LogP contribution in [0.5, 0.6) is 0 Å². The number of thioether (sulfide) groups is 1. The summed E-state index contributed by atoms with van der Waals surface area (Å²) in [7, 11) is 0. The molecule has 8 nitrogen and oxygen atoms in total. The van der Waals surface area contributed by atoms with E-state index in [0.717, 1.165) is 19.3 Å².